The van der Waals surface area contributed by atoms with Gasteiger partial charge >= 0.3 is 0 Å². The number of ether oxygens (including phenoxy) is 1. The highest BCUT2D eigenvalue weighted by Crippen LogP contribution is 2.22. The molecule has 2 aromatic rings. The first kappa shape index (κ1) is 21.1. The number of nitrogens with one attached hydrogen (secondary N) is 1. The molecule has 7 nitrogen and oxygen atoms in total. The van der Waals surface area contributed by atoms with Crippen LogP contribution < -0.4 is 15.8 Å². The number of piperidine rings is 1. The van der Waals surface area contributed by atoms with E-state index < -0.39 is 0 Å². The maximum absolute atomic E-state index is 11.3. The fourth-order valence-corrected chi connectivity index (χ4v) is 4.00. The molecule has 1 unspecified atom stereocenters. The van der Waals surface area contributed by atoms with Crippen molar-refractivity contribution < 1.29 is 9.53 Å². The third-order valence-electron chi connectivity index (χ3n) is 5.96. The average Bonchev–Trinajstić information content (AvgIpc) is 2.81. The summed E-state index contributed by atoms with van der Waals surface area (Å²) in [6.45, 7) is 3.37. The van der Waals surface area contributed by atoms with E-state index in [4.69, 9.17) is 10.5 Å². The zero-order valence-electron chi connectivity index (χ0n) is 17.8. The van der Waals surface area contributed by atoms with E-state index in [0.29, 0.717) is 12.5 Å². The Bertz CT molecular complexity index is 945. The number of carbonyl (C=O) groups excluding carboxylic acids is 1. The molecule has 4 rings (SSSR count). The molecule has 2 aliphatic rings. The highest BCUT2D eigenvalue weighted by atomic mass is 16.5. The zero-order valence-corrected chi connectivity index (χ0v) is 17.8. The Labute approximate surface area is 183 Å². The number of nitrogens with zero attached hydrogens (tertiary/aromatic N) is 3. The number of nitrogens with two attached hydrogens (primary N) is 1. The number of carbonyl (C=O) groups is 1. The Morgan fingerprint density at radius 2 is 1.84 bits per heavy atom. The molecular formula is C24H29N5O2. The van der Waals surface area contributed by atoms with Crippen molar-refractivity contribution in [3.8, 4) is 5.75 Å². The van der Waals surface area contributed by atoms with Crippen LogP contribution in [0.3, 0.4) is 0 Å². The summed E-state index contributed by atoms with van der Waals surface area (Å²) in [5.74, 6) is 1.52. The van der Waals surface area contributed by atoms with Crippen molar-refractivity contribution in [2.75, 3.05) is 32.1 Å². The highest BCUT2D eigenvalue weighted by molar-refractivity contribution is 6.00. The molecule has 0 radical (unpaired) electrons. The van der Waals surface area contributed by atoms with E-state index in [1.54, 1.807) is 7.11 Å². The zero-order chi connectivity index (χ0) is 21.6. The average molecular weight is 420 g/mol. The SMILES string of the molecule is COc1ccc(C2C=NC(Nc3ccc(CN4CCC(C(N)=O)CC4)cc3)=NC2)cc1. The number of guanidine groups is 1. The van der Waals surface area contributed by atoms with E-state index in [9.17, 15) is 4.79 Å². The second-order valence-corrected chi connectivity index (χ2v) is 8.10. The van der Waals surface area contributed by atoms with Crippen molar-refractivity contribution in [2.24, 2.45) is 21.6 Å². The fraction of sp³-hybridized carbons (Fsp3) is 0.375. The molecule has 1 atom stereocenters. The molecule has 0 bridgehead atoms. The summed E-state index contributed by atoms with van der Waals surface area (Å²) in [6.07, 6.45) is 3.65. The molecular weight excluding hydrogens is 390 g/mol. The summed E-state index contributed by atoms with van der Waals surface area (Å²) in [6, 6.07) is 16.4. The van der Waals surface area contributed by atoms with Crippen LogP contribution in [0.15, 0.2) is 58.5 Å². The number of hydrogen-bond donors (Lipinski definition) is 2. The molecule has 1 amide bonds. The van der Waals surface area contributed by atoms with Crippen LogP contribution in [0.4, 0.5) is 5.69 Å². The van der Waals surface area contributed by atoms with E-state index in [2.05, 4.69) is 56.6 Å². The van der Waals surface area contributed by atoms with E-state index in [0.717, 1.165) is 43.9 Å². The predicted octanol–water partition coefficient (Wildman–Crippen LogP) is 3.03. The molecule has 0 spiro atoms. The van der Waals surface area contributed by atoms with Gasteiger partial charge in [0.05, 0.1) is 13.7 Å². The minimum absolute atomic E-state index is 0.0315. The minimum atomic E-state index is -0.168. The number of primary amides is 1. The van der Waals surface area contributed by atoms with Crippen LogP contribution >= 0.6 is 0 Å². The molecule has 2 aliphatic heterocycles. The number of benzene rings is 2. The van der Waals surface area contributed by atoms with E-state index in [1.165, 1.54) is 11.1 Å². The molecule has 0 saturated carbocycles. The van der Waals surface area contributed by atoms with Crippen molar-refractivity contribution >= 4 is 23.8 Å². The number of anilines is 1. The third kappa shape index (κ3) is 5.49. The van der Waals surface area contributed by atoms with Crippen LogP contribution in [0.1, 0.15) is 29.9 Å². The summed E-state index contributed by atoms with van der Waals surface area (Å²) in [5.41, 5.74) is 8.81. The summed E-state index contributed by atoms with van der Waals surface area (Å²) in [4.78, 5) is 22.8. The lowest BCUT2D eigenvalue weighted by Gasteiger charge is -2.30. The van der Waals surface area contributed by atoms with Crippen molar-refractivity contribution in [3.63, 3.8) is 0 Å². The maximum Gasteiger partial charge on any atom is 0.222 e. The van der Waals surface area contributed by atoms with Gasteiger partial charge in [0.2, 0.25) is 11.9 Å². The van der Waals surface area contributed by atoms with Gasteiger partial charge in [-0.3, -0.25) is 14.7 Å². The topological polar surface area (TPSA) is 92.3 Å². The van der Waals surface area contributed by atoms with Crippen molar-refractivity contribution in [1.82, 2.24) is 4.90 Å². The van der Waals surface area contributed by atoms with E-state index >= 15 is 0 Å². The van der Waals surface area contributed by atoms with E-state index in [-0.39, 0.29) is 17.7 Å². The fourth-order valence-electron chi connectivity index (χ4n) is 4.00. The Hall–Kier alpha value is -3.19. The van der Waals surface area contributed by atoms with Gasteiger partial charge in [-0.25, -0.2) is 4.99 Å². The molecule has 0 aliphatic carbocycles. The molecule has 1 saturated heterocycles. The van der Waals surface area contributed by atoms with Gasteiger partial charge in [-0.15, -0.1) is 0 Å². The third-order valence-corrected chi connectivity index (χ3v) is 5.96. The Morgan fingerprint density at radius 3 is 2.42 bits per heavy atom. The first-order valence-electron chi connectivity index (χ1n) is 10.7. The second kappa shape index (κ2) is 9.75. The number of aliphatic imine (C=N–C) groups is 2. The van der Waals surface area contributed by atoms with Crippen LogP contribution in [-0.2, 0) is 11.3 Å². The molecule has 3 N–H and O–H groups in total. The standard InChI is InChI=1S/C24H29N5O2/c1-31-22-8-4-18(5-9-22)20-14-26-24(27-15-20)28-21-6-2-17(3-7-21)16-29-12-10-19(11-13-29)23(25)30/h2-9,14,19-20H,10-13,15-16H2,1H3,(H2,25,30)(H,27,28). The van der Waals surface area contributed by atoms with Crippen LogP contribution in [0.25, 0.3) is 0 Å². The number of methoxy groups -OCH3 is 1. The quantitative estimate of drug-likeness (QED) is 0.753. The summed E-state index contributed by atoms with van der Waals surface area (Å²) >= 11 is 0. The first-order chi connectivity index (χ1) is 15.1. The summed E-state index contributed by atoms with van der Waals surface area (Å²) in [7, 11) is 1.67. The number of hydrogen-bond acceptors (Lipinski definition) is 6. The van der Waals surface area contributed by atoms with Gasteiger partial charge in [0, 0.05) is 30.3 Å². The first-order valence-corrected chi connectivity index (χ1v) is 10.7. The lowest BCUT2D eigenvalue weighted by atomic mass is 9.96. The van der Waals surface area contributed by atoms with E-state index in [1.807, 2.05) is 18.3 Å². The number of likely N-dealkylation sites (tertiary alicyclic amines) is 1. The highest BCUT2D eigenvalue weighted by Gasteiger charge is 2.23. The minimum Gasteiger partial charge on any atom is -0.497 e. The maximum atomic E-state index is 11.3. The molecule has 162 valence electrons. The monoisotopic (exact) mass is 419 g/mol. The molecule has 0 aromatic heterocycles. The molecule has 2 aromatic carbocycles. The largest absolute Gasteiger partial charge is 0.497 e. The normalized spacial score (nSPS) is 19.6. The Balaban J connectivity index is 1.27. The second-order valence-electron chi connectivity index (χ2n) is 8.10. The van der Waals surface area contributed by atoms with Gasteiger partial charge < -0.3 is 15.8 Å². The lowest BCUT2D eigenvalue weighted by Crippen LogP contribution is -2.38. The van der Waals surface area contributed by atoms with Gasteiger partial charge in [0.1, 0.15) is 5.75 Å². The Kier molecular flexibility index (Phi) is 6.62. The molecule has 1 fully saturated rings. The number of rotatable bonds is 6. The summed E-state index contributed by atoms with van der Waals surface area (Å²) < 4.78 is 5.21. The van der Waals surface area contributed by atoms with Crippen LogP contribution in [0.2, 0.25) is 0 Å². The lowest BCUT2D eigenvalue weighted by molar-refractivity contribution is -0.123. The van der Waals surface area contributed by atoms with Gasteiger partial charge in [-0.05, 0) is 61.3 Å². The molecule has 7 heteroatoms. The van der Waals surface area contributed by atoms with Gasteiger partial charge in [0.25, 0.3) is 0 Å². The van der Waals surface area contributed by atoms with Crippen molar-refractivity contribution in [1.29, 1.82) is 0 Å². The van der Waals surface area contributed by atoms with Crippen molar-refractivity contribution in [2.45, 2.75) is 25.3 Å². The van der Waals surface area contributed by atoms with Crippen LogP contribution in [-0.4, -0.2) is 49.7 Å². The molecule has 31 heavy (non-hydrogen) atoms. The van der Waals surface area contributed by atoms with Gasteiger partial charge in [-0.2, -0.15) is 0 Å². The Morgan fingerprint density at radius 1 is 1.13 bits per heavy atom. The van der Waals surface area contributed by atoms with Gasteiger partial charge in [-0.1, -0.05) is 24.3 Å². The van der Waals surface area contributed by atoms with Crippen LogP contribution in [0.5, 0.6) is 5.75 Å². The predicted molar refractivity (Wildman–Crippen MR) is 124 cm³/mol. The van der Waals surface area contributed by atoms with Crippen molar-refractivity contribution in [3.05, 3.63) is 59.7 Å². The van der Waals surface area contributed by atoms with Crippen LogP contribution in [0, 0.1) is 5.92 Å². The van der Waals surface area contributed by atoms with Gasteiger partial charge in [0.15, 0.2) is 0 Å². The number of amides is 1. The molecule has 2 heterocycles. The smallest absolute Gasteiger partial charge is 0.222 e. The summed E-state index contributed by atoms with van der Waals surface area (Å²) in [5, 5.41) is 3.29.